The summed E-state index contributed by atoms with van der Waals surface area (Å²) in [5, 5.41) is 3.37. The molecule has 0 fully saturated rings. The van der Waals surface area contributed by atoms with Gasteiger partial charge in [0, 0.05) is 10.8 Å². The van der Waals surface area contributed by atoms with Crippen molar-refractivity contribution < 1.29 is 14.3 Å². The molecule has 2 aromatic carbocycles. The minimum Gasteiger partial charge on any atom is -0.495 e. The normalized spacial score (nSPS) is 11.7. The highest BCUT2D eigenvalue weighted by molar-refractivity contribution is 8.00. The fourth-order valence-electron chi connectivity index (χ4n) is 2.17. The minimum absolute atomic E-state index is 0.0587. The third-order valence-corrected chi connectivity index (χ3v) is 4.85. The van der Waals surface area contributed by atoms with E-state index in [9.17, 15) is 4.79 Å². The molecule has 0 heterocycles. The Labute approximate surface area is 157 Å². The van der Waals surface area contributed by atoms with Gasteiger partial charge in [0.05, 0.1) is 24.7 Å². The van der Waals surface area contributed by atoms with Crippen LogP contribution in [0.2, 0.25) is 5.02 Å². The van der Waals surface area contributed by atoms with Crippen LogP contribution in [0.3, 0.4) is 0 Å². The van der Waals surface area contributed by atoms with Crippen molar-refractivity contribution in [3.63, 3.8) is 0 Å². The van der Waals surface area contributed by atoms with Crippen LogP contribution in [0.4, 0.5) is 5.69 Å². The highest BCUT2D eigenvalue weighted by atomic mass is 35.5. The van der Waals surface area contributed by atoms with Crippen LogP contribution in [0.15, 0.2) is 42.5 Å². The number of hydrogen-bond acceptors (Lipinski definition) is 4. The van der Waals surface area contributed by atoms with Crippen molar-refractivity contribution in [2.24, 2.45) is 0 Å². The molecular weight excluding hydrogens is 358 g/mol. The molecule has 2 aromatic rings. The van der Waals surface area contributed by atoms with Gasteiger partial charge in [-0.05, 0) is 49.7 Å². The van der Waals surface area contributed by atoms with E-state index < -0.39 is 0 Å². The molecule has 0 bridgehead atoms. The molecule has 4 nitrogen and oxygen atoms in total. The van der Waals surface area contributed by atoms with E-state index in [2.05, 4.69) is 5.32 Å². The molecule has 0 aliphatic rings. The van der Waals surface area contributed by atoms with Crippen LogP contribution in [0, 0.1) is 6.92 Å². The fourth-order valence-corrected chi connectivity index (χ4v) is 3.09. The maximum absolute atomic E-state index is 12.4. The zero-order valence-electron chi connectivity index (χ0n) is 14.5. The van der Waals surface area contributed by atoms with E-state index in [0.717, 1.165) is 11.3 Å². The number of carbonyl (C=O) groups excluding carboxylic acids is 1. The predicted molar refractivity (Wildman–Crippen MR) is 105 cm³/mol. The van der Waals surface area contributed by atoms with Gasteiger partial charge in [0.2, 0.25) is 5.91 Å². The van der Waals surface area contributed by atoms with E-state index in [1.165, 1.54) is 11.8 Å². The number of thioether (sulfide) groups is 1. The molecule has 6 heteroatoms. The predicted octanol–water partition coefficient (Wildman–Crippen LogP) is 4.80. The number of halogens is 1. The van der Waals surface area contributed by atoms with E-state index >= 15 is 0 Å². The first-order valence-electron chi connectivity index (χ1n) is 7.95. The summed E-state index contributed by atoms with van der Waals surface area (Å²) in [6, 6.07) is 13.0. The van der Waals surface area contributed by atoms with Crippen molar-refractivity contribution >= 4 is 35.0 Å². The van der Waals surface area contributed by atoms with E-state index in [1.54, 1.807) is 19.2 Å². The molecule has 134 valence electrons. The summed E-state index contributed by atoms with van der Waals surface area (Å²) in [6.45, 7) is 4.36. The second-order valence-corrected chi connectivity index (χ2v) is 7.40. The molecule has 0 saturated heterocycles. The lowest BCUT2D eigenvalue weighted by molar-refractivity contribution is -0.115. The number of anilines is 1. The van der Waals surface area contributed by atoms with E-state index in [1.807, 2.05) is 44.2 Å². The van der Waals surface area contributed by atoms with Crippen molar-refractivity contribution in [3.8, 4) is 11.5 Å². The average molecular weight is 380 g/mol. The fraction of sp³-hybridized carbons (Fsp3) is 0.316. The van der Waals surface area contributed by atoms with Gasteiger partial charge in [-0.2, -0.15) is 0 Å². The molecule has 0 saturated carbocycles. The van der Waals surface area contributed by atoms with E-state index in [-0.39, 0.29) is 11.2 Å². The van der Waals surface area contributed by atoms with Gasteiger partial charge in [0.15, 0.2) is 0 Å². The maximum Gasteiger partial charge on any atom is 0.237 e. The summed E-state index contributed by atoms with van der Waals surface area (Å²) in [5.41, 5.74) is 1.75. The van der Waals surface area contributed by atoms with Crippen molar-refractivity contribution in [1.82, 2.24) is 0 Å². The van der Waals surface area contributed by atoms with Gasteiger partial charge in [0.1, 0.15) is 11.5 Å². The summed E-state index contributed by atoms with van der Waals surface area (Å²) in [7, 11) is 1.59. The molecule has 0 radical (unpaired) electrons. The van der Waals surface area contributed by atoms with Crippen molar-refractivity contribution in [2.75, 3.05) is 24.8 Å². The summed E-state index contributed by atoms with van der Waals surface area (Å²) in [4.78, 5) is 12.4. The lowest BCUT2D eigenvalue weighted by Gasteiger charge is -2.15. The number of ether oxygens (including phenoxy) is 2. The Kier molecular flexibility index (Phi) is 7.47. The molecule has 1 N–H and O–H groups in total. The summed E-state index contributed by atoms with van der Waals surface area (Å²) in [6.07, 6.45) is 0. The number of aryl methyl sites for hydroxylation is 1. The molecule has 0 aliphatic carbocycles. The first kappa shape index (κ1) is 19.5. The highest BCUT2D eigenvalue weighted by Gasteiger charge is 2.15. The smallest absolute Gasteiger partial charge is 0.237 e. The molecule has 0 aliphatic heterocycles. The standard InChI is InChI=1S/C19H22ClNO3S/c1-13-7-8-18(23-3)17(11-13)21-19(22)14(2)25-10-9-24-16-6-4-5-15(20)12-16/h4-8,11-12,14H,9-10H2,1-3H3,(H,21,22). The highest BCUT2D eigenvalue weighted by Crippen LogP contribution is 2.26. The zero-order chi connectivity index (χ0) is 18.2. The van der Waals surface area contributed by atoms with Gasteiger partial charge in [-0.3, -0.25) is 4.79 Å². The zero-order valence-corrected chi connectivity index (χ0v) is 16.1. The maximum atomic E-state index is 12.4. The number of methoxy groups -OCH3 is 1. The molecule has 1 amide bonds. The van der Waals surface area contributed by atoms with Crippen molar-refractivity contribution in [2.45, 2.75) is 19.1 Å². The SMILES string of the molecule is COc1ccc(C)cc1NC(=O)C(C)SCCOc1cccc(Cl)c1. The summed E-state index contributed by atoms with van der Waals surface area (Å²) < 4.78 is 10.9. The third-order valence-electron chi connectivity index (χ3n) is 3.50. The topological polar surface area (TPSA) is 47.6 Å². The van der Waals surface area contributed by atoms with Gasteiger partial charge in [-0.25, -0.2) is 0 Å². The van der Waals surface area contributed by atoms with Crippen molar-refractivity contribution in [1.29, 1.82) is 0 Å². The number of amides is 1. The Balaban J connectivity index is 1.79. The molecule has 1 atom stereocenters. The van der Waals surface area contributed by atoms with Crippen molar-refractivity contribution in [3.05, 3.63) is 53.1 Å². The molecule has 0 spiro atoms. The van der Waals surface area contributed by atoms with Crippen LogP contribution < -0.4 is 14.8 Å². The number of nitrogens with one attached hydrogen (secondary N) is 1. The van der Waals surface area contributed by atoms with Crippen LogP contribution in [0.25, 0.3) is 0 Å². The third kappa shape index (κ3) is 6.18. The van der Waals surface area contributed by atoms with Gasteiger partial charge in [-0.1, -0.05) is 23.7 Å². The Bertz CT molecular complexity index is 724. The molecule has 0 aromatic heterocycles. The monoisotopic (exact) mass is 379 g/mol. The van der Waals surface area contributed by atoms with Crippen LogP contribution in [0.1, 0.15) is 12.5 Å². The number of hydrogen-bond donors (Lipinski definition) is 1. The van der Waals surface area contributed by atoms with Crippen LogP contribution in [-0.4, -0.2) is 30.6 Å². The number of benzene rings is 2. The summed E-state index contributed by atoms with van der Waals surface area (Å²) in [5.74, 6) is 2.03. The lowest BCUT2D eigenvalue weighted by Crippen LogP contribution is -2.23. The first-order valence-corrected chi connectivity index (χ1v) is 9.37. The Hall–Kier alpha value is -1.85. The number of rotatable bonds is 8. The van der Waals surface area contributed by atoms with Crippen LogP contribution >= 0.6 is 23.4 Å². The van der Waals surface area contributed by atoms with E-state index in [4.69, 9.17) is 21.1 Å². The minimum atomic E-state index is -0.201. The summed E-state index contributed by atoms with van der Waals surface area (Å²) >= 11 is 7.45. The second-order valence-electron chi connectivity index (χ2n) is 5.51. The van der Waals surface area contributed by atoms with Gasteiger partial charge >= 0.3 is 0 Å². The van der Waals surface area contributed by atoms with E-state index in [0.29, 0.717) is 28.8 Å². The molecule has 2 rings (SSSR count). The van der Waals surface area contributed by atoms with Crippen LogP contribution in [-0.2, 0) is 4.79 Å². The van der Waals surface area contributed by atoms with Gasteiger partial charge in [0.25, 0.3) is 0 Å². The van der Waals surface area contributed by atoms with Gasteiger partial charge in [-0.15, -0.1) is 11.8 Å². The lowest BCUT2D eigenvalue weighted by atomic mass is 10.2. The second kappa shape index (κ2) is 9.59. The average Bonchev–Trinajstić information content (AvgIpc) is 2.59. The Morgan fingerprint density at radius 2 is 2.08 bits per heavy atom. The quantitative estimate of drug-likeness (QED) is 0.669. The first-order chi connectivity index (χ1) is 12.0. The van der Waals surface area contributed by atoms with Gasteiger partial charge < -0.3 is 14.8 Å². The molecule has 1 unspecified atom stereocenters. The molecular formula is C19H22ClNO3S. The molecule has 25 heavy (non-hydrogen) atoms. The number of carbonyl (C=O) groups is 1. The Morgan fingerprint density at radius 1 is 1.28 bits per heavy atom. The van der Waals surface area contributed by atoms with Crippen LogP contribution in [0.5, 0.6) is 11.5 Å². The largest absolute Gasteiger partial charge is 0.495 e. The Morgan fingerprint density at radius 3 is 2.80 bits per heavy atom.